The van der Waals surface area contributed by atoms with Gasteiger partial charge in [-0.15, -0.1) is 0 Å². The van der Waals surface area contributed by atoms with Crippen molar-refractivity contribution in [2.75, 3.05) is 13.1 Å². The molecule has 0 radical (unpaired) electrons. The van der Waals surface area contributed by atoms with Gasteiger partial charge in [-0.05, 0) is 37.6 Å². The van der Waals surface area contributed by atoms with Gasteiger partial charge in [-0.2, -0.15) is 0 Å². The highest BCUT2D eigenvalue weighted by Crippen LogP contribution is 2.21. The summed E-state index contributed by atoms with van der Waals surface area (Å²) < 4.78 is 2.01. The second-order valence-electron chi connectivity index (χ2n) is 7.04. The first-order valence-electron chi connectivity index (χ1n) is 9.18. The highest BCUT2D eigenvalue weighted by molar-refractivity contribution is 6.07. The molecule has 3 heterocycles. The Hall–Kier alpha value is -2.66. The number of carbonyl (C=O) groups excluding carboxylic acids is 1. The van der Waals surface area contributed by atoms with Crippen LogP contribution in [0.4, 0.5) is 0 Å². The molecule has 0 bridgehead atoms. The highest BCUT2D eigenvalue weighted by atomic mass is 16.1. The Morgan fingerprint density at radius 3 is 2.92 bits per heavy atom. The Bertz CT molecular complexity index is 903. The lowest BCUT2D eigenvalue weighted by molar-refractivity contribution is 0.0902. The van der Waals surface area contributed by atoms with Crippen molar-refractivity contribution in [3.05, 3.63) is 66.1 Å². The molecule has 1 aliphatic heterocycles. The Morgan fingerprint density at radius 2 is 2.08 bits per heavy atom. The maximum atomic E-state index is 12.8. The highest BCUT2D eigenvalue weighted by Gasteiger charge is 2.23. The van der Waals surface area contributed by atoms with Crippen molar-refractivity contribution in [2.45, 2.75) is 25.4 Å². The molecule has 0 saturated carbocycles. The molecule has 5 heteroatoms. The third-order valence-corrected chi connectivity index (χ3v) is 5.09. The van der Waals surface area contributed by atoms with Crippen molar-refractivity contribution < 1.29 is 4.79 Å². The van der Waals surface area contributed by atoms with Crippen molar-refractivity contribution in [1.29, 1.82) is 0 Å². The van der Waals surface area contributed by atoms with Crippen LogP contribution >= 0.6 is 0 Å². The molecule has 1 atom stereocenters. The average molecular weight is 348 g/mol. The van der Waals surface area contributed by atoms with Gasteiger partial charge in [0.1, 0.15) is 0 Å². The van der Waals surface area contributed by atoms with E-state index in [-0.39, 0.29) is 11.9 Å². The molecule has 1 saturated heterocycles. The summed E-state index contributed by atoms with van der Waals surface area (Å²) in [5, 5.41) is 4.25. The maximum absolute atomic E-state index is 12.8. The lowest BCUT2D eigenvalue weighted by Gasteiger charge is -2.32. The lowest BCUT2D eigenvalue weighted by atomic mass is 10.0. The molecule has 4 rings (SSSR count). The molecular weight excluding hydrogens is 324 g/mol. The van der Waals surface area contributed by atoms with Crippen LogP contribution in [0.1, 0.15) is 28.9 Å². The number of amides is 1. The van der Waals surface area contributed by atoms with Crippen molar-refractivity contribution in [2.24, 2.45) is 7.05 Å². The number of likely N-dealkylation sites (tertiary alicyclic amines) is 1. The number of carbonyl (C=O) groups is 1. The summed E-state index contributed by atoms with van der Waals surface area (Å²) in [6.07, 6.45) is 5.87. The molecule has 26 heavy (non-hydrogen) atoms. The Kier molecular flexibility index (Phi) is 4.71. The third kappa shape index (κ3) is 3.48. The van der Waals surface area contributed by atoms with Gasteiger partial charge in [0.2, 0.25) is 0 Å². The van der Waals surface area contributed by atoms with Gasteiger partial charge < -0.3 is 9.88 Å². The van der Waals surface area contributed by atoms with Crippen molar-refractivity contribution in [3.63, 3.8) is 0 Å². The molecule has 1 aliphatic rings. The number of nitrogens with zero attached hydrogens (tertiary/aromatic N) is 3. The molecule has 0 aliphatic carbocycles. The van der Waals surface area contributed by atoms with E-state index in [1.807, 2.05) is 60.4 Å². The minimum Gasteiger partial charge on any atom is -0.350 e. The van der Waals surface area contributed by atoms with E-state index in [1.54, 1.807) is 0 Å². The quantitative estimate of drug-likeness (QED) is 0.789. The number of hydrogen-bond acceptors (Lipinski definition) is 3. The number of aromatic nitrogens is 2. The zero-order chi connectivity index (χ0) is 17.9. The number of rotatable bonds is 4. The number of pyridine rings is 1. The molecule has 1 unspecified atom stereocenters. The van der Waals surface area contributed by atoms with E-state index in [4.69, 9.17) is 0 Å². The van der Waals surface area contributed by atoms with Crippen LogP contribution in [0.25, 0.3) is 10.9 Å². The fraction of sp³-hybridized carbons (Fsp3) is 0.333. The number of aryl methyl sites for hydroxylation is 1. The van der Waals surface area contributed by atoms with Gasteiger partial charge in [0.05, 0.1) is 11.3 Å². The van der Waals surface area contributed by atoms with E-state index in [1.165, 1.54) is 0 Å². The Morgan fingerprint density at radius 1 is 1.23 bits per heavy atom. The van der Waals surface area contributed by atoms with Gasteiger partial charge in [-0.25, -0.2) is 0 Å². The van der Waals surface area contributed by atoms with Crippen molar-refractivity contribution in [1.82, 2.24) is 19.8 Å². The molecular formula is C21H24N4O. The van der Waals surface area contributed by atoms with Gasteiger partial charge in [-0.3, -0.25) is 14.7 Å². The molecule has 0 spiro atoms. The predicted octanol–water partition coefficient (Wildman–Crippen LogP) is 2.97. The van der Waals surface area contributed by atoms with Gasteiger partial charge in [-0.1, -0.05) is 24.3 Å². The Labute approximate surface area is 153 Å². The summed E-state index contributed by atoms with van der Waals surface area (Å²) >= 11 is 0. The second-order valence-corrected chi connectivity index (χ2v) is 7.04. The van der Waals surface area contributed by atoms with Gasteiger partial charge in [0, 0.05) is 49.5 Å². The van der Waals surface area contributed by atoms with Crippen LogP contribution in [0, 0.1) is 0 Å². The van der Waals surface area contributed by atoms with Gasteiger partial charge in [0.25, 0.3) is 5.91 Å². The first-order valence-corrected chi connectivity index (χ1v) is 9.18. The minimum absolute atomic E-state index is 0.0199. The van der Waals surface area contributed by atoms with Crippen LogP contribution < -0.4 is 5.32 Å². The number of hydrogen-bond donors (Lipinski definition) is 1. The maximum Gasteiger partial charge on any atom is 0.253 e. The molecule has 134 valence electrons. The van der Waals surface area contributed by atoms with Gasteiger partial charge in [0.15, 0.2) is 0 Å². The average Bonchev–Trinajstić information content (AvgIpc) is 3.00. The third-order valence-electron chi connectivity index (χ3n) is 5.09. The number of benzene rings is 1. The van der Waals surface area contributed by atoms with Crippen molar-refractivity contribution in [3.8, 4) is 0 Å². The number of para-hydroxylation sites is 1. The first kappa shape index (κ1) is 16.8. The standard InChI is InChI=1S/C21H24N4O/c1-24-15-19(18-9-2-3-10-20(18)24)21(26)23-17-8-6-12-25(14-17)13-16-7-4-5-11-22-16/h2-5,7,9-11,15,17H,6,8,12-14H2,1H3,(H,23,26). The van der Waals surface area contributed by atoms with E-state index < -0.39 is 0 Å². The normalized spacial score (nSPS) is 18.1. The van der Waals surface area contributed by atoms with Crippen LogP contribution in [0.2, 0.25) is 0 Å². The van der Waals surface area contributed by atoms with Crippen LogP contribution in [0.5, 0.6) is 0 Å². The van der Waals surface area contributed by atoms with E-state index in [9.17, 15) is 4.79 Å². The topological polar surface area (TPSA) is 50.2 Å². The fourth-order valence-electron chi connectivity index (χ4n) is 3.82. The SMILES string of the molecule is Cn1cc(C(=O)NC2CCCN(Cc3ccccn3)C2)c2ccccc21. The van der Waals surface area contributed by atoms with Crippen molar-refractivity contribution >= 4 is 16.8 Å². The van der Waals surface area contributed by atoms with Crippen LogP contribution in [0.3, 0.4) is 0 Å². The zero-order valence-corrected chi connectivity index (χ0v) is 15.1. The number of nitrogens with one attached hydrogen (secondary N) is 1. The summed E-state index contributed by atoms with van der Waals surface area (Å²) in [6.45, 7) is 2.76. The van der Waals surface area contributed by atoms with Crippen LogP contribution in [-0.4, -0.2) is 39.5 Å². The lowest BCUT2D eigenvalue weighted by Crippen LogP contribution is -2.47. The number of piperidine rings is 1. The smallest absolute Gasteiger partial charge is 0.253 e. The summed E-state index contributed by atoms with van der Waals surface area (Å²) in [5.41, 5.74) is 2.91. The van der Waals surface area contributed by atoms with E-state index in [2.05, 4.69) is 21.3 Å². The monoisotopic (exact) mass is 348 g/mol. The summed E-state index contributed by atoms with van der Waals surface area (Å²) in [5.74, 6) is 0.0199. The number of fused-ring (bicyclic) bond motifs is 1. The molecule has 1 aromatic carbocycles. The molecule has 5 nitrogen and oxygen atoms in total. The van der Waals surface area contributed by atoms with E-state index >= 15 is 0 Å². The Balaban J connectivity index is 1.44. The minimum atomic E-state index is 0.0199. The molecule has 1 fully saturated rings. The molecule has 2 aromatic heterocycles. The van der Waals surface area contributed by atoms with E-state index in [0.29, 0.717) is 0 Å². The zero-order valence-electron chi connectivity index (χ0n) is 15.1. The van der Waals surface area contributed by atoms with Crippen LogP contribution in [0.15, 0.2) is 54.9 Å². The fourth-order valence-corrected chi connectivity index (χ4v) is 3.82. The molecule has 1 amide bonds. The summed E-state index contributed by atoms with van der Waals surface area (Å²) in [6, 6.07) is 14.2. The second kappa shape index (κ2) is 7.30. The molecule has 1 N–H and O–H groups in total. The van der Waals surface area contributed by atoms with Gasteiger partial charge >= 0.3 is 0 Å². The predicted molar refractivity (Wildman–Crippen MR) is 103 cm³/mol. The largest absolute Gasteiger partial charge is 0.350 e. The summed E-state index contributed by atoms with van der Waals surface area (Å²) in [4.78, 5) is 19.6. The molecule has 3 aromatic rings. The van der Waals surface area contributed by atoms with Crippen LogP contribution in [-0.2, 0) is 13.6 Å². The van der Waals surface area contributed by atoms with E-state index in [0.717, 1.165) is 54.6 Å². The first-order chi connectivity index (χ1) is 12.7. The summed E-state index contributed by atoms with van der Waals surface area (Å²) in [7, 11) is 1.98.